The van der Waals surface area contributed by atoms with Crippen molar-refractivity contribution in [3.05, 3.63) is 16.2 Å². The molecule has 0 fully saturated rings. The van der Waals surface area contributed by atoms with Gasteiger partial charge in [-0.1, -0.05) is 13.3 Å². The Labute approximate surface area is 98.8 Å². The molecular formula is C11H17NO5. The summed E-state index contributed by atoms with van der Waals surface area (Å²) in [5.41, 5.74) is 0.238. The topological polar surface area (TPSA) is 81.7 Å². The number of hydrogen-bond donors (Lipinski definition) is 1. The lowest BCUT2D eigenvalue weighted by molar-refractivity contribution is -0.147. The number of carbonyl (C=O) groups is 1. The Morgan fingerprint density at radius 1 is 1.53 bits per heavy atom. The number of aromatic hydroxyl groups is 1. The Bertz CT molecular complexity index is 445. The van der Waals surface area contributed by atoms with Gasteiger partial charge in [0.2, 0.25) is 0 Å². The Morgan fingerprint density at radius 3 is 2.59 bits per heavy atom. The van der Waals surface area contributed by atoms with Crippen molar-refractivity contribution >= 4 is 5.97 Å². The van der Waals surface area contributed by atoms with Gasteiger partial charge >= 0.3 is 17.7 Å². The number of hydrogen-bond acceptors (Lipinski definition) is 5. The summed E-state index contributed by atoms with van der Waals surface area (Å²) in [5.74, 6) is -1.69. The first-order valence-electron chi connectivity index (χ1n) is 5.60. The summed E-state index contributed by atoms with van der Waals surface area (Å²) >= 11 is 0. The van der Waals surface area contributed by atoms with E-state index in [1.54, 1.807) is 6.92 Å². The number of ether oxygens (including phenoxy) is 1. The van der Waals surface area contributed by atoms with E-state index in [4.69, 9.17) is 4.74 Å². The van der Waals surface area contributed by atoms with Crippen LogP contribution in [0.4, 0.5) is 0 Å². The van der Waals surface area contributed by atoms with E-state index in [1.807, 2.05) is 6.92 Å². The number of esters is 1. The van der Waals surface area contributed by atoms with Crippen LogP contribution < -0.4 is 5.76 Å². The summed E-state index contributed by atoms with van der Waals surface area (Å²) < 4.78 is 10.6. The van der Waals surface area contributed by atoms with Crippen LogP contribution in [-0.2, 0) is 9.53 Å². The summed E-state index contributed by atoms with van der Waals surface area (Å²) in [6.07, 6.45) is 1.17. The van der Waals surface area contributed by atoms with E-state index in [1.165, 1.54) is 6.92 Å². The molecule has 0 aliphatic heterocycles. The molecule has 0 aromatic carbocycles. The molecule has 0 aliphatic rings. The maximum atomic E-state index is 11.7. The van der Waals surface area contributed by atoms with Gasteiger partial charge in [0.15, 0.2) is 0 Å². The van der Waals surface area contributed by atoms with Gasteiger partial charge in [-0.25, -0.2) is 9.59 Å². The first-order valence-corrected chi connectivity index (χ1v) is 5.60. The molecule has 1 aromatic heterocycles. The van der Waals surface area contributed by atoms with Crippen LogP contribution in [0.2, 0.25) is 0 Å². The lowest BCUT2D eigenvalue weighted by Crippen LogP contribution is -2.29. The monoisotopic (exact) mass is 243 g/mol. The third-order valence-corrected chi connectivity index (χ3v) is 2.48. The van der Waals surface area contributed by atoms with E-state index in [2.05, 4.69) is 4.42 Å². The quantitative estimate of drug-likeness (QED) is 0.789. The standard InChI is InChI=1S/C11H17NO5/c1-4-6-8(10(14)16-5-2)12-7(3)9(13)17-11(12)15/h8,13H,4-6H2,1-3H3/t8-/m0/s1. The van der Waals surface area contributed by atoms with Gasteiger partial charge in [-0.3, -0.25) is 4.57 Å². The largest absolute Gasteiger partial charge is 0.479 e. The van der Waals surface area contributed by atoms with Gasteiger partial charge < -0.3 is 14.3 Å². The van der Waals surface area contributed by atoms with Gasteiger partial charge in [0.05, 0.1) is 6.61 Å². The van der Waals surface area contributed by atoms with Crippen molar-refractivity contribution in [2.75, 3.05) is 6.61 Å². The van der Waals surface area contributed by atoms with E-state index in [9.17, 15) is 14.7 Å². The first kappa shape index (κ1) is 13.3. The van der Waals surface area contributed by atoms with Crippen LogP contribution in [-0.4, -0.2) is 22.2 Å². The summed E-state index contributed by atoms with van der Waals surface area (Å²) in [6, 6.07) is -0.739. The lowest BCUT2D eigenvalue weighted by Gasteiger charge is -2.15. The molecule has 1 atom stereocenters. The zero-order chi connectivity index (χ0) is 13.0. The molecule has 1 rings (SSSR count). The van der Waals surface area contributed by atoms with E-state index in [-0.39, 0.29) is 12.3 Å². The van der Waals surface area contributed by atoms with E-state index in [0.717, 1.165) is 4.57 Å². The van der Waals surface area contributed by atoms with Crippen molar-refractivity contribution in [3.63, 3.8) is 0 Å². The van der Waals surface area contributed by atoms with Gasteiger partial charge in [-0.2, -0.15) is 0 Å². The van der Waals surface area contributed by atoms with Gasteiger partial charge in [-0.05, 0) is 20.3 Å². The van der Waals surface area contributed by atoms with Crippen LogP contribution in [0.3, 0.4) is 0 Å². The van der Waals surface area contributed by atoms with Crippen LogP contribution in [0.25, 0.3) is 0 Å². The number of carbonyl (C=O) groups excluding carboxylic acids is 1. The predicted octanol–water partition coefficient (Wildman–Crippen LogP) is 1.36. The van der Waals surface area contributed by atoms with Gasteiger partial charge in [0.25, 0.3) is 0 Å². The Kier molecular flexibility index (Phi) is 4.37. The average Bonchev–Trinajstić information content (AvgIpc) is 2.51. The summed E-state index contributed by atoms with van der Waals surface area (Å²) in [5, 5.41) is 9.31. The molecule has 0 radical (unpaired) electrons. The number of oxazole rings is 1. The second-order valence-electron chi connectivity index (χ2n) is 3.69. The maximum Gasteiger partial charge on any atom is 0.422 e. The highest BCUT2D eigenvalue weighted by Crippen LogP contribution is 2.21. The molecule has 0 aliphatic carbocycles. The fourth-order valence-electron chi connectivity index (χ4n) is 1.67. The van der Waals surface area contributed by atoms with Crippen molar-refractivity contribution in [1.82, 2.24) is 4.57 Å². The second kappa shape index (κ2) is 5.56. The van der Waals surface area contributed by atoms with Gasteiger partial charge in [0, 0.05) is 0 Å². The zero-order valence-electron chi connectivity index (χ0n) is 10.2. The van der Waals surface area contributed by atoms with Crippen molar-refractivity contribution in [3.8, 4) is 5.95 Å². The molecule has 6 heteroatoms. The van der Waals surface area contributed by atoms with Crippen LogP contribution >= 0.6 is 0 Å². The minimum Gasteiger partial charge on any atom is -0.479 e. The predicted molar refractivity (Wildman–Crippen MR) is 59.9 cm³/mol. The third-order valence-electron chi connectivity index (χ3n) is 2.48. The van der Waals surface area contributed by atoms with Crippen molar-refractivity contribution in [2.45, 2.75) is 39.7 Å². The molecule has 0 bridgehead atoms. The van der Waals surface area contributed by atoms with Crippen LogP contribution in [0.5, 0.6) is 5.95 Å². The Morgan fingerprint density at radius 2 is 2.18 bits per heavy atom. The number of rotatable bonds is 5. The second-order valence-corrected chi connectivity index (χ2v) is 3.69. The van der Waals surface area contributed by atoms with E-state index < -0.39 is 23.7 Å². The number of nitrogens with zero attached hydrogens (tertiary/aromatic N) is 1. The smallest absolute Gasteiger partial charge is 0.422 e. The van der Waals surface area contributed by atoms with Crippen LogP contribution in [0.1, 0.15) is 38.4 Å². The van der Waals surface area contributed by atoms with Gasteiger partial charge in [0.1, 0.15) is 11.7 Å². The molecule has 17 heavy (non-hydrogen) atoms. The Hall–Kier alpha value is -1.72. The normalized spacial score (nSPS) is 12.4. The van der Waals surface area contributed by atoms with Crippen molar-refractivity contribution in [2.24, 2.45) is 0 Å². The summed E-state index contributed by atoms with van der Waals surface area (Å²) in [7, 11) is 0. The zero-order valence-corrected chi connectivity index (χ0v) is 10.2. The van der Waals surface area contributed by atoms with Crippen molar-refractivity contribution in [1.29, 1.82) is 0 Å². The third kappa shape index (κ3) is 2.69. The molecule has 1 N–H and O–H groups in total. The average molecular weight is 243 g/mol. The highest BCUT2D eigenvalue weighted by molar-refractivity contribution is 5.74. The SMILES string of the molecule is CCC[C@@H](C(=O)OCC)n1c(C)c(O)oc1=O. The van der Waals surface area contributed by atoms with E-state index in [0.29, 0.717) is 12.8 Å². The summed E-state index contributed by atoms with van der Waals surface area (Å²) in [6.45, 7) is 5.36. The fourth-order valence-corrected chi connectivity index (χ4v) is 1.67. The molecule has 0 saturated heterocycles. The molecule has 1 heterocycles. The van der Waals surface area contributed by atoms with Crippen molar-refractivity contribution < 1.29 is 19.1 Å². The minimum atomic E-state index is -0.744. The molecule has 0 amide bonds. The Balaban J connectivity index is 3.13. The fraction of sp³-hybridized carbons (Fsp3) is 0.636. The number of aromatic nitrogens is 1. The minimum absolute atomic E-state index is 0.238. The molecular weight excluding hydrogens is 226 g/mol. The highest BCUT2D eigenvalue weighted by Gasteiger charge is 2.27. The molecule has 0 spiro atoms. The van der Waals surface area contributed by atoms with Crippen LogP contribution in [0, 0.1) is 6.92 Å². The van der Waals surface area contributed by atoms with E-state index >= 15 is 0 Å². The molecule has 0 saturated carbocycles. The lowest BCUT2D eigenvalue weighted by atomic mass is 10.1. The highest BCUT2D eigenvalue weighted by atomic mass is 16.5. The molecule has 6 nitrogen and oxygen atoms in total. The first-order chi connectivity index (χ1) is 8.02. The maximum absolute atomic E-state index is 11.7. The molecule has 1 aromatic rings. The summed E-state index contributed by atoms with van der Waals surface area (Å²) in [4.78, 5) is 23.3. The van der Waals surface area contributed by atoms with Crippen LogP contribution in [0.15, 0.2) is 9.21 Å². The van der Waals surface area contributed by atoms with Gasteiger partial charge in [-0.15, -0.1) is 0 Å². The molecule has 96 valence electrons. The molecule has 0 unspecified atom stereocenters.